The molecule has 4 nitrogen and oxygen atoms in total. The molecule has 0 spiro atoms. The lowest BCUT2D eigenvalue weighted by atomic mass is 10.1. The highest BCUT2D eigenvalue weighted by atomic mass is 127. The van der Waals surface area contributed by atoms with Crippen molar-refractivity contribution in [3.8, 4) is 0 Å². The number of halogens is 4. The Morgan fingerprint density at radius 2 is 1.73 bits per heavy atom. The number of benzene rings is 2. The zero-order chi connectivity index (χ0) is 21.6. The van der Waals surface area contributed by atoms with Crippen LogP contribution in [0, 0.1) is 3.57 Å². The van der Waals surface area contributed by atoms with Gasteiger partial charge in [0, 0.05) is 21.1 Å². The Kier molecular flexibility index (Phi) is 7.52. The molecule has 30 heavy (non-hydrogen) atoms. The zero-order valence-corrected chi connectivity index (χ0v) is 18.6. The number of aromatic nitrogens is 2. The normalized spacial score (nSPS) is 11.4. The van der Waals surface area contributed by atoms with E-state index in [1.54, 1.807) is 18.2 Å². The van der Waals surface area contributed by atoms with Crippen molar-refractivity contribution >= 4 is 45.7 Å². The van der Waals surface area contributed by atoms with Crippen molar-refractivity contribution < 1.29 is 13.2 Å². The fourth-order valence-corrected chi connectivity index (χ4v) is 3.45. The fourth-order valence-electron chi connectivity index (χ4n) is 2.91. The van der Waals surface area contributed by atoms with Crippen molar-refractivity contribution in [2.45, 2.75) is 38.8 Å². The van der Waals surface area contributed by atoms with Gasteiger partial charge in [-0.2, -0.15) is 18.2 Å². The second kappa shape index (κ2) is 10.1. The van der Waals surface area contributed by atoms with Gasteiger partial charge in [-0.15, -0.1) is 0 Å². The van der Waals surface area contributed by atoms with E-state index in [2.05, 4.69) is 50.1 Å². The minimum Gasteiger partial charge on any atom is -0.340 e. The number of nitrogens with zero attached hydrogens (tertiary/aromatic N) is 2. The molecular weight excluding hydrogens is 504 g/mol. The molecule has 3 aromatic rings. The highest BCUT2D eigenvalue weighted by Gasteiger charge is 2.35. The van der Waals surface area contributed by atoms with Gasteiger partial charge in [-0.3, -0.25) is 0 Å². The molecule has 0 radical (unpaired) electrons. The lowest BCUT2D eigenvalue weighted by molar-refractivity contribution is -0.137. The van der Waals surface area contributed by atoms with Crippen LogP contribution in [-0.4, -0.2) is 9.97 Å². The van der Waals surface area contributed by atoms with Crippen LogP contribution in [0.25, 0.3) is 0 Å². The predicted molar refractivity (Wildman–Crippen MR) is 122 cm³/mol. The van der Waals surface area contributed by atoms with Crippen LogP contribution in [0.1, 0.15) is 37.3 Å². The maximum Gasteiger partial charge on any atom is 0.421 e. The van der Waals surface area contributed by atoms with Gasteiger partial charge in [0.25, 0.3) is 0 Å². The van der Waals surface area contributed by atoms with Crippen LogP contribution in [0.3, 0.4) is 0 Å². The molecule has 0 bridgehead atoms. The molecule has 3 rings (SSSR count). The van der Waals surface area contributed by atoms with E-state index < -0.39 is 11.7 Å². The van der Waals surface area contributed by atoms with E-state index in [1.165, 1.54) is 18.4 Å². The molecule has 0 aliphatic rings. The first-order valence-electron chi connectivity index (χ1n) is 9.68. The van der Waals surface area contributed by atoms with Crippen LogP contribution < -0.4 is 10.6 Å². The number of rotatable bonds is 8. The van der Waals surface area contributed by atoms with Crippen molar-refractivity contribution in [3.63, 3.8) is 0 Å². The lowest BCUT2D eigenvalue weighted by Gasteiger charge is -2.15. The Morgan fingerprint density at radius 3 is 2.40 bits per heavy atom. The summed E-state index contributed by atoms with van der Waals surface area (Å²) >= 11 is 2.10. The molecule has 2 N–H and O–H groups in total. The minimum atomic E-state index is -4.57. The quantitative estimate of drug-likeness (QED) is 0.239. The summed E-state index contributed by atoms with van der Waals surface area (Å²) in [6.07, 6.45) is 0.736. The number of aryl methyl sites for hydroxylation is 1. The maximum atomic E-state index is 13.4. The molecule has 0 aliphatic carbocycles. The van der Waals surface area contributed by atoms with E-state index >= 15 is 0 Å². The van der Waals surface area contributed by atoms with Crippen molar-refractivity contribution in [1.82, 2.24) is 9.97 Å². The predicted octanol–water partition coefficient (Wildman–Crippen LogP) is 7.32. The molecule has 0 amide bonds. The van der Waals surface area contributed by atoms with Crippen LogP contribution in [0.5, 0.6) is 0 Å². The molecule has 0 saturated heterocycles. The van der Waals surface area contributed by atoms with Gasteiger partial charge in [-0.25, -0.2) is 4.98 Å². The van der Waals surface area contributed by atoms with Gasteiger partial charge in [0.1, 0.15) is 11.4 Å². The SMILES string of the molecule is CCCCCc1ccc(Nc2ncc(C(F)(F)F)c(Nc3cccc(I)c3)n2)cc1. The Bertz CT molecular complexity index is 975. The summed E-state index contributed by atoms with van der Waals surface area (Å²) in [7, 11) is 0. The molecule has 2 aromatic carbocycles. The molecule has 0 aliphatic heterocycles. The van der Waals surface area contributed by atoms with Crippen molar-refractivity contribution in [2.24, 2.45) is 0 Å². The van der Waals surface area contributed by atoms with Crippen molar-refractivity contribution in [2.75, 3.05) is 10.6 Å². The number of hydrogen-bond donors (Lipinski definition) is 2. The van der Waals surface area contributed by atoms with Gasteiger partial charge >= 0.3 is 6.18 Å². The molecule has 158 valence electrons. The molecular formula is C22H22F3IN4. The van der Waals surface area contributed by atoms with Gasteiger partial charge in [0.05, 0.1) is 0 Å². The summed E-state index contributed by atoms with van der Waals surface area (Å²) in [6.45, 7) is 2.17. The van der Waals surface area contributed by atoms with E-state index in [-0.39, 0.29) is 11.8 Å². The van der Waals surface area contributed by atoms with Crippen LogP contribution in [0.2, 0.25) is 0 Å². The first-order chi connectivity index (χ1) is 14.3. The molecule has 1 heterocycles. The van der Waals surface area contributed by atoms with E-state index in [9.17, 15) is 13.2 Å². The highest BCUT2D eigenvalue weighted by Crippen LogP contribution is 2.35. The Balaban J connectivity index is 1.80. The molecule has 0 saturated carbocycles. The summed E-state index contributed by atoms with van der Waals surface area (Å²) in [6, 6.07) is 14.8. The van der Waals surface area contributed by atoms with Crippen LogP contribution in [0.15, 0.2) is 54.7 Å². The summed E-state index contributed by atoms with van der Waals surface area (Å²) < 4.78 is 41.2. The Hall–Kier alpha value is -2.36. The summed E-state index contributed by atoms with van der Waals surface area (Å²) in [5.74, 6) is -0.201. The average Bonchev–Trinajstić information content (AvgIpc) is 2.69. The maximum absolute atomic E-state index is 13.4. The largest absolute Gasteiger partial charge is 0.421 e. The first kappa shape index (κ1) is 22.3. The van der Waals surface area contributed by atoms with Crippen LogP contribution in [-0.2, 0) is 12.6 Å². The fraction of sp³-hybridized carbons (Fsp3) is 0.273. The third kappa shape index (κ3) is 6.32. The number of unbranched alkanes of at least 4 members (excludes halogenated alkanes) is 2. The zero-order valence-electron chi connectivity index (χ0n) is 16.4. The first-order valence-corrected chi connectivity index (χ1v) is 10.8. The Labute approximate surface area is 187 Å². The van der Waals surface area contributed by atoms with E-state index in [4.69, 9.17) is 0 Å². The van der Waals surface area contributed by atoms with Gasteiger partial charge in [-0.05, 0) is 71.3 Å². The van der Waals surface area contributed by atoms with Gasteiger partial charge in [0.2, 0.25) is 5.95 Å². The standard InChI is InChI=1S/C22H22F3IN4/c1-2-3-4-6-15-9-11-17(12-10-15)29-21-27-14-19(22(23,24)25)20(30-21)28-18-8-5-7-16(26)13-18/h5,7-14H,2-4,6H2,1H3,(H2,27,28,29,30). The van der Waals surface area contributed by atoms with E-state index in [0.29, 0.717) is 11.4 Å². The van der Waals surface area contributed by atoms with Crippen molar-refractivity contribution in [3.05, 3.63) is 69.4 Å². The average molecular weight is 526 g/mol. The third-order valence-corrected chi connectivity index (χ3v) is 5.13. The monoisotopic (exact) mass is 526 g/mol. The van der Waals surface area contributed by atoms with E-state index in [0.717, 1.165) is 22.6 Å². The second-order valence-corrected chi connectivity index (χ2v) is 8.11. The molecule has 0 fully saturated rings. The molecule has 8 heteroatoms. The minimum absolute atomic E-state index is 0.0925. The number of anilines is 4. The van der Waals surface area contributed by atoms with Gasteiger partial charge in [-0.1, -0.05) is 38.0 Å². The van der Waals surface area contributed by atoms with Crippen LogP contribution in [0.4, 0.5) is 36.3 Å². The van der Waals surface area contributed by atoms with Gasteiger partial charge < -0.3 is 10.6 Å². The second-order valence-electron chi connectivity index (χ2n) is 6.87. The summed E-state index contributed by atoms with van der Waals surface area (Å²) in [4.78, 5) is 7.95. The molecule has 0 unspecified atom stereocenters. The summed E-state index contributed by atoms with van der Waals surface area (Å²) in [5.41, 5.74) is 1.55. The van der Waals surface area contributed by atoms with Crippen LogP contribution >= 0.6 is 22.6 Å². The number of hydrogen-bond acceptors (Lipinski definition) is 4. The Morgan fingerprint density at radius 1 is 0.967 bits per heavy atom. The lowest BCUT2D eigenvalue weighted by Crippen LogP contribution is -2.12. The molecule has 0 atom stereocenters. The molecule has 1 aromatic heterocycles. The van der Waals surface area contributed by atoms with Crippen molar-refractivity contribution in [1.29, 1.82) is 0 Å². The van der Waals surface area contributed by atoms with E-state index in [1.807, 2.05) is 30.3 Å². The summed E-state index contributed by atoms with van der Waals surface area (Å²) in [5, 5.41) is 5.75. The van der Waals surface area contributed by atoms with Gasteiger partial charge in [0.15, 0.2) is 0 Å². The topological polar surface area (TPSA) is 49.8 Å². The number of alkyl halides is 3. The smallest absolute Gasteiger partial charge is 0.340 e. The highest BCUT2D eigenvalue weighted by molar-refractivity contribution is 14.1. The number of nitrogens with one attached hydrogen (secondary N) is 2. The third-order valence-electron chi connectivity index (χ3n) is 4.46.